The van der Waals surface area contributed by atoms with Gasteiger partial charge in [-0.1, -0.05) is 60.7 Å². The van der Waals surface area contributed by atoms with Gasteiger partial charge >= 0.3 is 0 Å². The fraction of sp³-hybridized carbons (Fsp3) is 0.455. The number of thiol groups is 1. The second kappa shape index (κ2) is 9.71. The van der Waals surface area contributed by atoms with Gasteiger partial charge in [-0.3, -0.25) is 0 Å². The maximum Gasteiger partial charge on any atom is 0.128 e. The van der Waals surface area contributed by atoms with Gasteiger partial charge in [0.1, 0.15) is 17.6 Å². The summed E-state index contributed by atoms with van der Waals surface area (Å²) in [5.74, 6) is 0. The quantitative estimate of drug-likeness (QED) is 0.733. The number of rotatable bonds is 7. The molecule has 0 unspecified atom stereocenters. The van der Waals surface area contributed by atoms with Crippen molar-refractivity contribution in [3.8, 4) is 0 Å². The molecule has 2 aromatic rings. The molecule has 146 valence electrons. The zero-order valence-electron chi connectivity index (χ0n) is 16.2. The van der Waals surface area contributed by atoms with Gasteiger partial charge in [0.25, 0.3) is 0 Å². The summed E-state index contributed by atoms with van der Waals surface area (Å²) < 4.78 is 18.6. The second-order valence-electron chi connectivity index (χ2n) is 7.21. The van der Waals surface area contributed by atoms with E-state index in [2.05, 4.69) is 55.9 Å². The van der Waals surface area contributed by atoms with Crippen LogP contribution in [0.5, 0.6) is 0 Å². The Morgan fingerprint density at radius 1 is 0.852 bits per heavy atom. The molecule has 0 spiro atoms. The van der Waals surface area contributed by atoms with Crippen molar-refractivity contribution in [3.63, 3.8) is 0 Å². The molecule has 0 aromatic heterocycles. The molecule has 4 nitrogen and oxygen atoms in total. The van der Waals surface area contributed by atoms with Crippen LogP contribution < -0.4 is 0 Å². The molecule has 5 atom stereocenters. The molecule has 1 heterocycles. The van der Waals surface area contributed by atoms with E-state index in [4.69, 9.17) is 14.2 Å². The highest BCUT2D eigenvalue weighted by molar-refractivity contribution is 7.80. The molecule has 1 aliphatic rings. The zero-order chi connectivity index (χ0) is 19.2. The van der Waals surface area contributed by atoms with Gasteiger partial charge in [-0.05, 0) is 32.1 Å². The minimum absolute atomic E-state index is 0.0451. The molecule has 0 N–H and O–H groups in total. The van der Waals surface area contributed by atoms with Crippen molar-refractivity contribution in [1.82, 2.24) is 4.90 Å². The Morgan fingerprint density at radius 2 is 1.33 bits per heavy atom. The first kappa shape index (κ1) is 20.4. The average Bonchev–Trinajstić information content (AvgIpc) is 2.67. The fourth-order valence-electron chi connectivity index (χ4n) is 3.54. The number of hydrogen-bond acceptors (Lipinski definition) is 5. The molecule has 2 aromatic carbocycles. The molecule has 1 fully saturated rings. The minimum Gasteiger partial charge on any atom is -0.369 e. The van der Waals surface area contributed by atoms with E-state index in [9.17, 15) is 0 Å². The third-order valence-corrected chi connectivity index (χ3v) is 5.35. The lowest BCUT2D eigenvalue weighted by molar-refractivity contribution is -0.204. The van der Waals surface area contributed by atoms with Gasteiger partial charge < -0.3 is 19.1 Å². The van der Waals surface area contributed by atoms with Crippen molar-refractivity contribution in [2.24, 2.45) is 0 Å². The summed E-state index contributed by atoms with van der Waals surface area (Å²) in [5.41, 5.74) is 1.99. The predicted octanol–water partition coefficient (Wildman–Crippen LogP) is 3.76. The maximum atomic E-state index is 6.31. The number of likely N-dealkylation sites (N-methyl/N-ethyl adjacent to an activating group) is 1. The molecule has 0 aliphatic carbocycles. The van der Waals surface area contributed by atoms with E-state index in [0.29, 0.717) is 13.2 Å². The van der Waals surface area contributed by atoms with Gasteiger partial charge in [0.05, 0.1) is 25.4 Å². The standard InChI is InChI=1S/C22H29NO3S/c1-16-20(24-14-17-10-6-4-7-11-17)19(23(2)3)21(22(27)26-16)25-15-18-12-8-5-9-13-18/h4-13,16,19-22,27H,14-15H2,1-3H3/t16-,19-,20-,21-,22+/m1/s1. The van der Waals surface area contributed by atoms with Crippen molar-refractivity contribution in [3.05, 3.63) is 71.8 Å². The largest absolute Gasteiger partial charge is 0.369 e. The lowest BCUT2D eigenvalue weighted by Gasteiger charge is -2.47. The molecule has 0 saturated carbocycles. The normalized spacial score (nSPS) is 28.4. The van der Waals surface area contributed by atoms with Crippen LogP contribution in [0.25, 0.3) is 0 Å². The number of benzene rings is 2. The molecule has 1 saturated heterocycles. The Hall–Kier alpha value is -1.37. The number of nitrogens with zero attached hydrogens (tertiary/aromatic N) is 1. The lowest BCUT2D eigenvalue weighted by atomic mass is 9.96. The van der Waals surface area contributed by atoms with E-state index < -0.39 is 0 Å². The van der Waals surface area contributed by atoms with Gasteiger partial charge in [-0.25, -0.2) is 0 Å². The summed E-state index contributed by atoms with van der Waals surface area (Å²) in [6.45, 7) is 3.12. The monoisotopic (exact) mass is 387 g/mol. The Labute approximate surface area is 167 Å². The van der Waals surface area contributed by atoms with Crippen LogP contribution in [0.2, 0.25) is 0 Å². The van der Waals surface area contributed by atoms with Gasteiger partial charge in [-0.2, -0.15) is 0 Å². The van der Waals surface area contributed by atoms with E-state index in [-0.39, 0.29) is 29.8 Å². The SMILES string of the molecule is C[C@H]1O[C@@H](S)[C@H](OCc2ccccc2)[C@H](N(C)C)[C@@H]1OCc1ccccc1. The molecule has 0 bridgehead atoms. The van der Waals surface area contributed by atoms with Crippen molar-refractivity contribution >= 4 is 12.6 Å². The van der Waals surface area contributed by atoms with Crippen LogP contribution in [-0.2, 0) is 27.4 Å². The van der Waals surface area contributed by atoms with Crippen molar-refractivity contribution < 1.29 is 14.2 Å². The molecule has 27 heavy (non-hydrogen) atoms. The van der Waals surface area contributed by atoms with Gasteiger partial charge in [-0.15, -0.1) is 12.6 Å². The summed E-state index contributed by atoms with van der Waals surface area (Å²) in [7, 11) is 4.11. The topological polar surface area (TPSA) is 30.9 Å². The Morgan fingerprint density at radius 3 is 1.81 bits per heavy atom. The Bertz CT molecular complexity index is 627. The van der Waals surface area contributed by atoms with Crippen molar-refractivity contribution in [2.75, 3.05) is 14.1 Å². The second-order valence-corrected chi connectivity index (χ2v) is 7.72. The van der Waals surface area contributed by atoms with E-state index in [1.165, 1.54) is 0 Å². The summed E-state index contributed by atoms with van der Waals surface area (Å²) in [6, 6.07) is 20.4. The zero-order valence-corrected chi connectivity index (χ0v) is 17.1. The first-order valence-corrected chi connectivity index (χ1v) is 9.89. The first-order valence-electron chi connectivity index (χ1n) is 9.37. The smallest absolute Gasteiger partial charge is 0.128 e. The van der Waals surface area contributed by atoms with Gasteiger partial charge in [0.15, 0.2) is 0 Å². The molecular weight excluding hydrogens is 358 g/mol. The van der Waals surface area contributed by atoms with Crippen LogP contribution in [0.4, 0.5) is 0 Å². The number of hydrogen-bond donors (Lipinski definition) is 1. The third-order valence-electron chi connectivity index (χ3n) is 4.94. The highest BCUT2D eigenvalue weighted by Crippen LogP contribution is 2.31. The minimum atomic E-state index is -0.298. The van der Waals surface area contributed by atoms with Crippen molar-refractivity contribution in [1.29, 1.82) is 0 Å². The van der Waals surface area contributed by atoms with Gasteiger partial charge in [0.2, 0.25) is 0 Å². The van der Waals surface area contributed by atoms with Crippen LogP contribution in [0.15, 0.2) is 60.7 Å². The maximum absolute atomic E-state index is 6.31. The Balaban J connectivity index is 1.71. The van der Waals surface area contributed by atoms with Crippen LogP contribution >= 0.6 is 12.6 Å². The van der Waals surface area contributed by atoms with E-state index >= 15 is 0 Å². The highest BCUT2D eigenvalue weighted by Gasteiger charge is 2.45. The van der Waals surface area contributed by atoms with Crippen LogP contribution in [0, 0.1) is 0 Å². The summed E-state index contributed by atoms with van der Waals surface area (Å²) >= 11 is 4.67. The molecule has 0 amide bonds. The van der Waals surface area contributed by atoms with E-state index in [1.54, 1.807) is 0 Å². The molecule has 1 aliphatic heterocycles. The first-order chi connectivity index (χ1) is 13.1. The lowest BCUT2D eigenvalue weighted by Crippen LogP contribution is -2.62. The molecular formula is C22H29NO3S. The highest BCUT2D eigenvalue weighted by atomic mass is 32.1. The summed E-state index contributed by atoms with van der Waals surface area (Å²) in [4.78, 5) is 2.16. The molecule has 3 rings (SSSR count). The van der Waals surface area contributed by atoms with Crippen LogP contribution in [-0.4, -0.2) is 48.8 Å². The summed E-state index contributed by atoms with van der Waals surface area (Å²) in [6.07, 6.45) is -0.370. The van der Waals surface area contributed by atoms with Gasteiger partial charge in [0, 0.05) is 0 Å². The fourth-order valence-corrected chi connectivity index (χ4v) is 4.00. The van der Waals surface area contributed by atoms with Crippen molar-refractivity contribution in [2.45, 2.75) is 49.9 Å². The summed E-state index contributed by atoms with van der Waals surface area (Å²) in [5, 5.41) is 0. The predicted molar refractivity (Wildman–Crippen MR) is 111 cm³/mol. The van der Waals surface area contributed by atoms with E-state index in [1.807, 2.05) is 43.3 Å². The van der Waals surface area contributed by atoms with Crippen LogP contribution in [0.1, 0.15) is 18.1 Å². The molecule has 0 radical (unpaired) electrons. The number of ether oxygens (including phenoxy) is 3. The van der Waals surface area contributed by atoms with Crippen LogP contribution in [0.3, 0.4) is 0 Å². The average molecular weight is 388 g/mol. The third kappa shape index (κ3) is 5.33. The Kier molecular flexibility index (Phi) is 7.33. The van der Waals surface area contributed by atoms with E-state index in [0.717, 1.165) is 11.1 Å². The molecule has 5 heteroatoms.